The van der Waals surface area contributed by atoms with E-state index >= 15 is 0 Å². The minimum Gasteiger partial charge on any atom is -0.383 e. The van der Waals surface area contributed by atoms with Crippen molar-refractivity contribution in [2.45, 2.75) is 25.4 Å². The molecule has 1 aliphatic heterocycles. The molecule has 1 heterocycles. The van der Waals surface area contributed by atoms with Gasteiger partial charge in [0, 0.05) is 6.54 Å². The number of amides is 1. The highest BCUT2D eigenvalue weighted by molar-refractivity contribution is 5.80. The summed E-state index contributed by atoms with van der Waals surface area (Å²) in [5.74, 6) is -0.215. The Hall–Kier alpha value is -0.570. The van der Waals surface area contributed by atoms with Crippen LogP contribution in [0.4, 0.5) is 0 Å². The second-order valence-corrected chi connectivity index (χ2v) is 2.30. The van der Waals surface area contributed by atoms with Crippen LogP contribution < -0.4 is 5.32 Å². The number of carbonyl (C=O) groups is 1. The van der Waals surface area contributed by atoms with E-state index in [0.717, 1.165) is 19.4 Å². The third kappa shape index (κ3) is 1.68. The van der Waals surface area contributed by atoms with Gasteiger partial charge in [-0.05, 0) is 19.3 Å². The van der Waals surface area contributed by atoms with Gasteiger partial charge in [0.05, 0.1) is 0 Å². The topological polar surface area (TPSA) is 49.3 Å². The number of aliphatic hydroxyl groups excluding tert-OH is 1. The van der Waals surface area contributed by atoms with Crippen LogP contribution in [0.15, 0.2) is 0 Å². The molecule has 0 saturated carbocycles. The molecular formula is C6H11NO2. The quantitative estimate of drug-likeness (QED) is 0.469. The van der Waals surface area contributed by atoms with Crippen molar-refractivity contribution in [3.8, 4) is 0 Å². The molecule has 0 aromatic heterocycles. The first kappa shape index (κ1) is 6.55. The first-order valence-electron chi connectivity index (χ1n) is 3.26. The zero-order valence-electron chi connectivity index (χ0n) is 5.26. The standard InChI is InChI=1S/C6H11NO2/c8-5-3-1-2-4-7-6(5)9/h5,8H,1-4H2,(H,7,9)/t5-/m1/s1. The Morgan fingerprint density at radius 3 is 3.11 bits per heavy atom. The summed E-state index contributed by atoms with van der Waals surface area (Å²) in [6.07, 6.45) is 1.79. The van der Waals surface area contributed by atoms with E-state index < -0.39 is 6.10 Å². The van der Waals surface area contributed by atoms with Crippen LogP contribution in [0.1, 0.15) is 19.3 Å². The molecule has 52 valence electrons. The number of carbonyl (C=O) groups excluding carboxylic acids is 1. The van der Waals surface area contributed by atoms with Crippen LogP contribution in [-0.2, 0) is 4.79 Å². The second kappa shape index (κ2) is 2.82. The van der Waals surface area contributed by atoms with Crippen molar-refractivity contribution in [3.63, 3.8) is 0 Å². The van der Waals surface area contributed by atoms with E-state index in [4.69, 9.17) is 5.11 Å². The zero-order valence-corrected chi connectivity index (χ0v) is 5.26. The summed E-state index contributed by atoms with van der Waals surface area (Å²) >= 11 is 0. The molecule has 1 saturated heterocycles. The lowest BCUT2D eigenvalue weighted by Crippen LogP contribution is -2.32. The fourth-order valence-electron chi connectivity index (χ4n) is 0.923. The first-order chi connectivity index (χ1) is 4.30. The van der Waals surface area contributed by atoms with Crippen molar-refractivity contribution >= 4 is 5.91 Å². The highest BCUT2D eigenvalue weighted by atomic mass is 16.3. The molecule has 2 N–H and O–H groups in total. The average Bonchev–Trinajstić information content (AvgIpc) is 1.99. The highest BCUT2D eigenvalue weighted by Crippen LogP contribution is 2.03. The van der Waals surface area contributed by atoms with Crippen LogP contribution in [-0.4, -0.2) is 23.7 Å². The van der Waals surface area contributed by atoms with Gasteiger partial charge >= 0.3 is 0 Å². The third-order valence-corrected chi connectivity index (χ3v) is 1.51. The van der Waals surface area contributed by atoms with Gasteiger partial charge in [-0.25, -0.2) is 0 Å². The van der Waals surface area contributed by atoms with Crippen LogP contribution in [0.2, 0.25) is 0 Å². The molecule has 1 rings (SSSR count). The Bertz CT molecular complexity index is 114. The molecule has 3 nitrogen and oxygen atoms in total. The van der Waals surface area contributed by atoms with E-state index in [1.807, 2.05) is 0 Å². The molecule has 9 heavy (non-hydrogen) atoms. The number of hydrogen-bond acceptors (Lipinski definition) is 2. The number of nitrogens with one attached hydrogen (secondary N) is 1. The van der Waals surface area contributed by atoms with Crippen LogP contribution in [0.5, 0.6) is 0 Å². The molecule has 3 heteroatoms. The smallest absolute Gasteiger partial charge is 0.248 e. The van der Waals surface area contributed by atoms with Gasteiger partial charge in [0.15, 0.2) is 0 Å². The monoisotopic (exact) mass is 129 g/mol. The molecule has 1 atom stereocenters. The van der Waals surface area contributed by atoms with E-state index in [0.29, 0.717) is 6.42 Å². The predicted octanol–water partition coefficient (Wildman–Crippen LogP) is -0.353. The Labute approximate surface area is 54.1 Å². The Balaban J connectivity index is 2.41. The summed E-state index contributed by atoms with van der Waals surface area (Å²) in [7, 11) is 0. The van der Waals surface area contributed by atoms with Gasteiger partial charge in [0.25, 0.3) is 0 Å². The SMILES string of the molecule is O=C1NCCCC[C@H]1O. The van der Waals surface area contributed by atoms with E-state index in [9.17, 15) is 4.79 Å². The number of rotatable bonds is 0. The summed E-state index contributed by atoms with van der Waals surface area (Å²) in [5.41, 5.74) is 0. The van der Waals surface area contributed by atoms with Crippen molar-refractivity contribution in [2.24, 2.45) is 0 Å². The van der Waals surface area contributed by atoms with Crippen LogP contribution in [0.3, 0.4) is 0 Å². The molecular weight excluding hydrogens is 118 g/mol. The molecule has 0 aromatic rings. The molecule has 0 spiro atoms. The molecule has 1 aliphatic rings. The minimum atomic E-state index is -0.757. The minimum absolute atomic E-state index is 0.215. The maximum atomic E-state index is 10.7. The van der Waals surface area contributed by atoms with Crippen LogP contribution in [0.25, 0.3) is 0 Å². The largest absolute Gasteiger partial charge is 0.383 e. The normalized spacial score (nSPS) is 29.0. The fraction of sp³-hybridized carbons (Fsp3) is 0.833. The molecule has 1 amide bonds. The number of hydrogen-bond donors (Lipinski definition) is 2. The molecule has 0 radical (unpaired) electrons. The third-order valence-electron chi connectivity index (χ3n) is 1.51. The zero-order chi connectivity index (χ0) is 6.69. The van der Waals surface area contributed by atoms with Crippen molar-refractivity contribution < 1.29 is 9.90 Å². The van der Waals surface area contributed by atoms with E-state index in [2.05, 4.69) is 5.32 Å². The highest BCUT2D eigenvalue weighted by Gasteiger charge is 2.16. The summed E-state index contributed by atoms with van der Waals surface area (Å²) in [6, 6.07) is 0. The number of aliphatic hydroxyl groups is 1. The van der Waals surface area contributed by atoms with Gasteiger partial charge in [-0.15, -0.1) is 0 Å². The summed E-state index contributed by atoms with van der Waals surface area (Å²) in [5, 5.41) is 11.6. The summed E-state index contributed by atoms with van der Waals surface area (Å²) in [6.45, 7) is 0.718. The van der Waals surface area contributed by atoms with Gasteiger partial charge < -0.3 is 10.4 Å². The van der Waals surface area contributed by atoms with Gasteiger partial charge in [0.2, 0.25) is 5.91 Å². The lowest BCUT2D eigenvalue weighted by molar-refractivity contribution is -0.128. The first-order valence-corrected chi connectivity index (χ1v) is 3.26. The summed E-state index contributed by atoms with van der Waals surface area (Å²) in [4.78, 5) is 10.7. The van der Waals surface area contributed by atoms with E-state index in [-0.39, 0.29) is 5.91 Å². The molecule has 0 unspecified atom stereocenters. The Morgan fingerprint density at radius 2 is 2.33 bits per heavy atom. The Kier molecular flexibility index (Phi) is 2.05. The van der Waals surface area contributed by atoms with Crippen molar-refractivity contribution in [1.29, 1.82) is 0 Å². The maximum Gasteiger partial charge on any atom is 0.248 e. The molecule has 1 fully saturated rings. The summed E-state index contributed by atoms with van der Waals surface area (Å²) < 4.78 is 0. The maximum absolute atomic E-state index is 10.7. The molecule has 0 aliphatic carbocycles. The molecule has 0 aromatic carbocycles. The lowest BCUT2D eigenvalue weighted by Gasteiger charge is -2.02. The van der Waals surface area contributed by atoms with Gasteiger partial charge in [-0.3, -0.25) is 4.79 Å². The van der Waals surface area contributed by atoms with Crippen LogP contribution in [0, 0.1) is 0 Å². The van der Waals surface area contributed by atoms with Gasteiger partial charge in [0.1, 0.15) is 6.10 Å². The van der Waals surface area contributed by atoms with E-state index in [1.54, 1.807) is 0 Å². The van der Waals surface area contributed by atoms with Gasteiger partial charge in [-0.2, -0.15) is 0 Å². The van der Waals surface area contributed by atoms with Crippen LogP contribution >= 0.6 is 0 Å². The lowest BCUT2D eigenvalue weighted by atomic mass is 10.2. The predicted molar refractivity (Wildman–Crippen MR) is 32.9 cm³/mol. The van der Waals surface area contributed by atoms with Crippen molar-refractivity contribution in [1.82, 2.24) is 5.32 Å². The van der Waals surface area contributed by atoms with Crippen molar-refractivity contribution in [3.05, 3.63) is 0 Å². The van der Waals surface area contributed by atoms with Crippen molar-refractivity contribution in [2.75, 3.05) is 6.54 Å². The average molecular weight is 129 g/mol. The Morgan fingerprint density at radius 1 is 1.56 bits per heavy atom. The van der Waals surface area contributed by atoms with Gasteiger partial charge in [-0.1, -0.05) is 0 Å². The second-order valence-electron chi connectivity index (χ2n) is 2.30. The molecule has 0 bridgehead atoms. The van der Waals surface area contributed by atoms with E-state index in [1.165, 1.54) is 0 Å². The fourth-order valence-corrected chi connectivity index (χ4v) is 0.923.